The predicted octanol–water partition coefficient (Wildman–Crippen LogP) is -0.652. The maximum absolute atomic E-state index is 11.8. The highest BCUT2D eigenvalue weighted by Crippen LogP contribution is 2.07. The SMILES string of the molecule is OCCCOCC(O)COCC(O)(F)F. The Balaban J connectivity index is 3.29. The van der Waals surface area contributed by atoms with Crippen molar-refractivity contribution in [2.24, 2.45) is 0 Å². The molecular weight excluding hydrogens is 214 g/mol. The molecule has 3 N–H and O–H groups in total. The van der Waals surface area contributed by atoms with Crippen LogP contribution in [-0.2, 0) is 9.47 Å². The van der Waals surface area contributed by atoms with Gasteiger partial charge in [-0.1, -0.05) is 0 Å². The van der Waals surface area contributed by atoms with Crippen LogP contribution >= 0.6 is 0 Å². The standard InChI is InChI=1S/C8H16F2O5/c9-8(10,13)6-15-5-7(12)4-14-3-1-2-11/h7,11-13H,1-6H2. The highest BCUT2D eigenvalue weighted by atomic mass is 19.3. The van der Waals surface area contributed by atoms with Gasteiger partial charge in [0, 0.05) is 13.2 Å². The molecule has 0 aromatic heterocycles. The quantitative estimate of drug-likeness (QED) is 0.459. The minimum atomic E-state index is -3.88. The van der Waals surface area contributed by atoms with Crippen molar-refractivity contribution in [3.05, 3.63) is 0 Å². The Morgan fingerprint density at radius 2 is 1.80 bits per heavy atom. The second-order valence-electron chi connectivity index (χ2n) is 2.99. The van der Waals surface area contributed by atoms with Gasteiger partial charge in [0.25, 0.3) is 0 Å². The molecule has 0 aliphatic rings. The van der Waals surface area contributed by atoms with E-state index in [1.807, 2.05) is 0 Å². The van der Waals surface area contributed by atoms with E-state index < -0.39 is 18.8 Å². The van der Waals surface area contributed by atoms with E-state index in [-0.39, 0.29) is 26.4 Å². The number of aliphatic hydroxyl groups excluding tert-OH is 2. The summed E-state index contributed by atoms with van der Waals surface area (Å²) in [6, 6.07) is 0. The van der Waals surface area contributed by atoms with Crippen LogP contribution in [0.2, 0.25) is 0 Å². The molecule has 0 fully saturated rings. The van der Waals surface area contributed by atoms with Crippen LogP contribution in [0.3, 0.4) is 0 Å². The molecule has 92 valence electrons. The van der Waals surface area contributed by atoms with Crippen LogP contribution < -0.4 is 0 Å². The van der Waals surface area contributed by atoms with Gasteiger partial charge >= 0.3 is 6.11 Å². The molecule has 0 rings (SSSR count). The van der Waals surface area contributed by atoms with Crippen molar-refractivity contribution in [2.45, 2.75) is 18.6 Å². The second-order valence-corrected chi connectivity index (χ2v) is 2.99. The van der Waals surface area contributed by atoms with E-state index in [0.29, 0.717) is 6.42 Å². The number of hydrogen-bond acceptors (Lipinski definition) is 5. The number of halogens is 2. The van der Waals surface area contributed by atoms with Crippen molar-refractivity contribution < 1.29 is 33.6 Å². The first-order chi connectivity index (χ1) is 6.95. The third-order valence-electron chi connectivity index (χ3n) is 1.34. The molecule has 1 atom stereocenters. The van der Waals surface area contributed by atoms with E-state index in [1.54, 1.807) is 0 Å². The summed E-state index contributed by atoms with van der Waals surface area (Å²) >= 11 is 0. The molecular formula is C8H16F2O5. The van der Waals surface area contributed by atoms with Crippen LogP contribution in [0.15, 0.2) is 0 Å². The largest absolute Gasteiger partial charge is 0.396 e. The zero-order valence-corrected chi connectivity index (χ0v) is 8.23. The highest BCUT2D eigenvalue weighted by molar-refractivity contribution is 4.53. The molecule has 15 heavy (non-hydrogen) atoms. The maximum atomic E-state index is 11.8. The molecule has 0 saturated carbocycles. The normalized spacial score (nSPS) is 14.2. The van der Waals surface area contributed by atoms with Crippen molar-refractivity contribution in [3.8, 4) is 0 Å². The fourth-order valence-corrected chi connectivity index (χ4v) is 0.752. The molecule has 5 nitrogen and oxygen atoms in total. The molecule has 0 amide bonds. The van der Waals surface area contributed by atoms with Crippen LogP contribution in [0.25, 0.3) is 0 Å². The first-order valence-electron chi connectivity index (χ1n) is 4.50. The zero-order chi connectivity index (χ0) is 11.7. The van der Waals surface area contributed by atoms with Crippen molar-refractivity contribution in [1.29, 1.82) is 0 Å². The van der Waals surface area contributed by atoms with E-state index in [1.165, 1.54) is 0 Å². The molecule has 0 bridgehead atoms. The third kappa shape index (κ3) is 11.6. The molecule has 0 aromatic carbocycles. The summed E-state index contributed by atoms with van der Waals surface area (Å²) in [5.41, 5.74) is 0. The van der Waals surface area contributed by atoms with Gasteiger partial charge in [-0.25, -0.2) is 0 Å². The van der Waals surface area contributed by atoms with Gasteiger partial charge < -0.3 is 24.8 Å². The Hall–Kier alpha value is -0.340. The Morgan fingerprint density at radius 1 is 1.20 bits per heavy atom. The summed E-state index contributed by atoms with van der Waals surface area (Å²) in [7, 11) is 0. The monoisotopic (exact) mass is 230 g/mol. The predicted molar refractivity (Wildman–Crippen MR) is 46.5 cm³/mol. The van der Waals surface area contributed by atoms with Crippen LogP contribution in [0.5, 0.6) is 0 Å². The summed E-state index contributed by atoms with van der Waals surface area (Å²) in [5, 5.41) is 25.5. The number of alkyl halides is 2. The van der Waals surface area contributed by atoms with Gasteiger partial charge in [-0.2, -0.15) is 8.78 Å². The number of ether oxygens (including phenoxy) is 2. The topological polar surface area (TPSA) is 79.2 Å². The lowest BCUT2D eigenvalue weighted by Gasteiger charge is -2.13. The molecule has 0 aliphatic carbocycles. The van der Waals surface area contributed by atoms with Gasteiger partial charge in [0.2, 0.25) is 0 Å². The van der Waals surface area contributed by atoms with Gasteiger partial charge in [-0.15, -0.1) is 0 Å². The molecule has 0 saturated heterocycles. The van der Waals surface area contributed by atoms with Gasteiger partial charge in [-0.3, -0.25) is 0 Å². The van der Waals surface area contributed by atoms with E-state index >= 15 is 0 Å². The average molecular weight is 230 g/mol. The molecule has 7 heteroatoms. The lowest BCUT2D eigenvalue weighted by atomic mass is 10.4. The average Bonchev–Trinajstić information content (AvgIpc) is 2.10. The first kappa shape index (κ1) is 14.7. The van der Waals surface area contributed by atoms with Crippen LogP contribution in [0.1, 0.15) is 6.42 Å². The summed E-state index contributed by atoms with van der Waals surface area (Å²) in [6.07, 6.45) is -4.45. The lowest BCUT2D eigenvalue weighted by Crippen LogP contribution is -2.28. The number of hydrogen-bond donors (Lipinski definition) is 3. The van der Waals surface area contributed by atoms with E-state index in [0.717, 1.165) is 0 Å². The minimum Gasteiger partial charge on any atom is -0.396 e. The molecule has 0 aliphatic heterocycles. The van der Waals surface area contributed by atoms with Gasteiger partial charge in [0.05, 0.1) is 13.2 Å². The van der Waals surface area contributed by atoms with Crippen LogP contribution in [0, 0.1) is 0 Å². The van der Waals surface area contributed by atoms with Gasteiger partial charge in [-0.05, 0) is 6.42 Å². The second kappa shape index (κ2) is 7.89. The Morgan fingerprint density at radius 3 is 2.33 bits per heavy atom. The molecule has 0 aromatic rings. The van der Waals surface area contributed by atoms with Gasteiger partial charge in [0.15, 0.2) is 0 Å². The number of rotatable bonds is 9. The molecule has 1 unspecified atom stereocenters. The lowest BCUT2D eigenvalue weighted by molar-refractivity contribution is -0.235. The highest BCUT2D eigenvalue weighted by Gasteiger charge is 2.24. The summed E-state index contributed by atoms with van der Waals surface area (Å²) in [4.78, 5) is 0. The van der Waals surface area contributed by atoms with Crippen molar-refractivity contribution in [2.75, 3.05) is 33.0 Å². The summed E-state index contributed by atoms with van der Waals surface area (Å²) in [5.74, 6) is 0. The maximum Gasteiger partial charge on any atom is 0.376 e. The third-order valence-corrected chi connectivity index (χ3v) is 1.34. The van der Waals surface area contributed by atoms with Crippen LogP contribution in [0.4, 0.5) is 8.78 Å². The van der Waals surface area contributed by atoms with Gasteiger partial charge in [0.1, 0.15) is 12.7 Å². The minimum absolute atomic E-state index is 0.0106. The van der Waals surface area contributed by atoms with E-state index in [2.05, 4.69) is 4.74 Å². The molecule has 0 radical (unpaired) electrons. The Kier molecular flexibility index (Phi) is 7.71. The fourth-order valence-electron chi connectivity index (χ4n) is 0.752. The van der Waals surface area contributed by atoms with E-state index in [4.69, 9.17) is 20.1 Å². The van der Waals surface area contributed by atoms with Crippen molar-refractivity contribution in [3.63, 3.8) is 0 Å². The number of aliphatic hydroxyl groups is 3. The smallest absolute Gasteiger partial charge is 0.376 e. The van der Waals surface area contributed by atoms with Crippen LogP contribution in [-0.4, -0.2) is 60.6 Å². The zero-order valence-electron chi connectivity index (χ0n) is 8.23. The van der Waals surface area contributed by atoms with E-state index in [9.17, 15) is 8.78 Å². The van der Waals surface area contributed by atoms with Crippen molar-refractivity contribution >= 4 is 0 Å². The Bertz CT molecular complexity index is 150. The molecule has 0 heterocycles. The molecule has 0 spiro atoms. The Labute approximate surface area is 86.2 Å². The van der Waals surface area contributed by atoms with Crippen molar-refractivity contribution in [1.82, 2.24) is 0 Å². The first-order valence-corrected chi connectivity index (χ1v) is 4.50. The fraction of sp³-hybridized carbons (Fsp3) is 1.00. The summed E-state index contributed by atoms with van der Waals surface area (Å²) < 4.78 is 32.8. The summed E-state index contributed by atoms with van der Waals surface area (Å²) in [6.45, 7) is -1.28.